The minimum Gasteiger partial charge on any atom is -0.299 e. The summed E-state index contributed by atoms with van der Waals surface area (Å²) >= 11 is 0. The van der Waals surface area contributed by atoms with Crippen LogP contribution in [0.2, 0.25) is 0 Å². The topological polar surface area (TPSA) is 26.9 Å². The first-order valence-corrected chi connectivity index (χ1v) is 6.99. The predicted octanol–water partition coefficient (Wildman–Crippen LogP) is 3.25. The van der Waals surface area contributed by atoms with Gasteiger partial charge < -0.3 is 0 Å². The second-order valence-electron chi connectivity index (χ2n) is 5.22. The number of imidazole rings is 1. The first-order valence-electron chi connectivity index (χ1n) is 6.99. The molecule has 0 saturated heterocycles. The van der Waals surface area contributed by atoms with Crippen LogP contribution in [-0.4, -0.2) is 9.13 Å². The van der Waals surface area contributed by atoms with Crippen molar-refractivity contribution < 1.29 is 0 Å². The van der Waals surface area contributed by atoms with Crippen LogP contribution in [0.1, 0.15) is 38.3 Å². The summed E-state index contributed by atoms with van der Waals surface area (Å²) in [4.78, 5) is 12.0. The molecule has 19 heavy (non-hydrogen) atoms. The summed E-state index contributed by atoms with van der Waals surface area (Å²) in [6.07, 6.45) is 7.01. The third-order valence-electron chi connectivity index (χ3n) is 3.39. The Balaban J connectivity index is 1.82. The van der Waals surface area contributed by atoms with Crippen molar-refractivity contribution in [3.8, 4) is 0 Å². The summed E-state index contributed by atoms with van der Waals surface area (Å²) in [7, 11) is 0. The lowest BCUT2D eigenvalue weighted by Crippen LogP contribution is -2.25. The molecule has 1 aromatic heterocycles. The van der Waals surface area contributed by atoms with Gasteiger partial charge in [0.05, 0.1) is 0 Å². The number of unbranched alkanes of at least 4 members (excludes halogenated alkanes) is 1. The summed E-state index contributed by atoms with van der Waals surface area (Å²) in [5.74, 6) is 0. The van der Waals surface area contributed by atoms with Crippen molar-refractivity contribution in [2.45, 2.75) is 45.7 Å². The summed E-state index contributed by atoms with van der Waals surface area (Å²) < 4.78 is 3.59. The molecule has 0 aliphatic carbocycles. The van der Waals surface area contributed by atoms with Crippen LogP contribution in [0.15, 0.2) is 47.5 Å². The number of nitrogens with zero attached hydrogens (tertiary/aromatic N) is 2. The number of hydrogen-bond acceptors (Lipinski definition) is 1. The van der Waals surface area contributed by atoms with Crippen LogP contribution in [0.5, 0.6) is 0 Å². The highest BCUT2D eigenvalue weighted by molar-refractivity contribution is 5.14. The Morgan fingerprint density at radius 1 is 1.05 bits per heavy atom. The van der Waals surface area contributed by atoms with E-state index in [4.69, 9.17) is 0 Å². The minimum atomic E-state index is 0.106. The van der Waals surface area contributed by atoms with E-state index in [0.717, 1.165) is 25.8 Å². The molecule has 0 aliphatic heterocycles. The van der Waals surface area contributed by atoms with E-state index in [-0.39, 0.29) is 11.7 Å². The average molecular weight is 258 g/mol. The number of hydrogen-bond donors (Lipinski definition) is 0. The fraction of sp³-hybridized carbons (Fsp3) is 0.438. The molecule has 1 heterocycles. The highest BCUT2D eigenvalue weighted by atomic mass is 16.1. The molecule has 0 unspecified atom stereocenters. The maximum absolute atomic E-state index is 12.0. The molecule has 3 heteroatoms. The number of benzene rings is 1. The molecule has 0 amide bonds. The van der Waals surface area contributed by atoms with E-state index >= 15 is 0 Å². The molecule has 0 aliphatic rings. The van der Waals surface area contributed by atoms with Gasteiger partial charge in [-0.15, -0.1) is 0 Å². The van der Waals surface area contributed by atoms with Crippen molar-refractivity contribution in [1.82, 2.24) is 9.13 Å². The zero-order valence-corrected chi connectivity index (χ0v) is 11.7. The molecular formula is C16H22N2O. The van der Waals surface area contributed by atoms with E-state index in [1.54, 1.807) is 4.57 Å². The SMILES string of the molecule is CC(C)n1ccn(CCCCc2ccccc2)c1=O. The number of aromatic nitrogens is 2. The summed E-state index contributed by atoms with van der Waals surface area (Å²) in [6, 6.07) is 10.7. The maximum Gasteiger partial charge on any atom is 0.328 e. The van der Waals surface area contributed by atoms with Crippen molar-refractivity contribution in [3.05, 3.63) is 58.8 Å². The standard InChI is InChI=1S/C16H22N2O/c1-14(2)18-13-12-17(16(18)19)11-7-6-10-15-8-4-3-5-9-15/h3-5,8-9,12-14H,6-7,10-11H2,1-2H3. The average Bonchev–Trinajstić information content (AvgIpc) is 2.77. The Hall–Kier alpha value is -1.77. The summed E-state index contributed by atoms with van der Waals surface area (Å²) in [5.41, 5.74) is 1.48. The third-order valence-corrected chi connectivity index (χ3v) is 3.39. The van der Waals surface area contributed by atoms with Crippen molar-refractivity contribution in [2.75, 3.05) is 0 Å². The van der Waals surface area contributed by atoms with Crippen LogP contribution in [0.25, 0.3) is 0 Å². The lowest BCUT2D eigenvalue weighted by Gasteiger charge is -2.05. The second-order valence-corrected chi connectivity index (χ2v) is 5.22. The number of rotatable bonds is 6. The fourth-order valence-electron chi connectivity index (χ4n) is 2.25. The molecule has 2 aromatic rings. The van der Waals surface area contributed by atoms with E-state index in [0.29, 0.717) is 0 Å². The maximum atomic E-state index is 12.0. The van der Waals surface area contributed by atoms with Gasteiger partial charge in [-0.25, -0.2) is 4.79 Å². The van der Waals surface area contributed by atoms with E-state index in [9.17, 15) is 4.79 Å². The van der Waals surface area contributed by atoms with Gasteiger partial charge >= 0.3 is 5.69 Å². The van der Waals surface area contributed by atoms with Crippen molar-refractivity contribution in [2.24, 2.45) is 0 Å². The van der Waals surface area contributed by atoms with E-state index in [2.05, 4.69) is 24.3 Å². The van der Waals surface area contributed by atoms with Crippen molar-refractivity contribution in [1.29, 1.82) is 0 Å². The molecule has 3 nitrogen and oxygen atoms in total. The van der Waals surface area contributed by atoms with Gasteiger partial charge in [-0.1, -0.05) is 30.3 Å². The normalized spacial score (nSPS) is 11.1. The molecule has 102 valence electrons. The van der Waals surface area contributed by atoms with Gasteiger partial charge in [0, 0.05) is 25.0 Å². The van der Waals surface area contributed by atoms with Crippen LogP contribution in [0.4, 0.5) is 0 Å². The zero-order chi connectivity index (χ0) is 13.7. The van der Waals surface area contributed by atoms with Crippen molar-refractivity contribution in [3.63, 3.8) is 0 Å². The van der Waals surface area contributed by atoms with Crippen LogP contribution in [-0.2, 0) is 13.0 Å². The molecule has 0 bridgehead atoms. The molecule has 2 rings (SSSR count). The molecular weight excluding hydrogens is 236 g/mol. The lowest BCUT2D eigenvalue weighted by atomic mass is 10.1. The quantitative estimate of drug-likeness (QED) is 0.731. The minimum absolute atomic E-state index is 0.106. The van der Waals surface area contributed by atoms with Gasteiger partial charge in [0.15, 0.2) is 0 Å². The van der Waals surface area contributed by atoms with Crippen LogP contribution < -0.4 is 5.69 Å². The summed E-state index contributed by atoms with van der Waals surface area (Å²) in [5, 5.41) is 0. The highest BCUT2D eigenvalue weighted by Gasteiger charge is 2.05. The Labute approximate surface area is 114 Å². The van der Waals surface area contributed by atoms with Gasteiger partial charge in [0.25, 0.3) is 0 Å². The van der Waals surface area contributed by atoms with Crippen LogP contribution in [0.3, 0.4) is 0 Å². The van der Waals surface area contributed by atoms with Crippen LogP contribution in [0, 0.1) is 0 Å². The molecule has 1 aromatic carbocycles. The van der Waals surface area contributed by atoms with Gasteiger partial charge in [0.2, 0.25) is 0 Å². The van der Waals surface area contributed by atoms with E-state index < -0.39 is 0 Å². The van der Waals surface area contributed by atoms with Crippen molar-refractivity contribution >= 4 is 0 Å². The smallest absolute Gasteiger partial charge is 0.299 e. The van der Waals surface area contributed by atoms with Crippen LogP contribution >= 0.6 is 0 Å². The Morgan fingerprint density at radius 3 is 2.42 bits per heavy atom. The first kappa shape index (κ1) is 13.7. The van der Waals surface area contributed by atoms with Gasteiger partial charge in [-0.2, -0.15) is 0 Å². The third kappa shape index (κ3) is 3.60. The zero-order valence-electron chi connectivity index (χ0n) is 11.7. The Bertz CT molecular complexity index is 552. The first-order chi connectivity index (χ1) is 9.18. The Morgan fingerprint density at radius 2 is 1.79 bits per heavy atom. The lowest BCUT2D eigenvalue weighted by molar-refractivity contribution is 0.535. The van der Waals surface area contributed by atoms with E-state index in [1.807, 2.05) is 36.9 Å². The monoisotopic (exact) mass is 258 g/mol. The number of aryl methyl sites for hydroxylation is 2. The van der Waals surface area contributed by atoms with E-state index in [1.165, 1.54) is 5.56 Å². The fourth-order valence-corrected chi connectivity index (χ4v) is 2.25. The summed E-state index contributed by atoms with van der Waals surface area (Å²) in [6.45, 7) is 4.87. The molecule has 0 fully saturated rings. The molecule has 0 radical (unpaired) electrons. The molecule has 0 N–H and O–H groups in total. The van der Waals surface area contributed by atoms with Gasteiger partial charge in [-0.3, -0.25) is 9.13 Å². The Kier molecular flexibility index (Phi) is 4.61. The van der Waals surface area contributed by atoms with Gasteiger partial charge in [0.1, 0.15) is 0 Å². The largest absolute Gasteiger partial charge is 0.328 e. The molecule has 0 atom stereocenters. The second kappa shape index (κ2) is 6.41. The molecule has 0 spiro atoms. The highest BCUT2D eigenvalue weighted by Crippen LogP contribution is 2.06. The predicted molar refractivity (Wildman–Crippen MR) is 78.5 cm³/mol. The van der Waals surface area contributed by atoms with Gasteiger partial charge in [-0.05, 0) is 38.7 Å². The molecule has 0 saturated carbocycles.